The van der Waals surface area contributed by atoms with E-state index in [0.29, 0.717) is 12.2 Å². The zero-order chi connectivity index (χ0) is 13.0. The number of primary amides is 1. The van der Waals surface area contributed by atoms with E-state index >= 15 is 0 Å². The van der Waals surface area contributed by atoms with Crippen molar-refractivity contribution in [1.82, 2.24) is 0 Å². The summed E-state index contributed by atoms with van der Waals surface area (Å²) in [5.41, 5.74) is 6.65. The second kappa shape index (κ2) is 5.86. The predicted molar refractivity (Wildman–Crippen MR) is 78.5 cm³/mol. The fourth-order valence-corrected chi connectivity index (χ4v) is 2.08. The molecule has 0 unspecified atom stereocenters. The Balaban J connectivity index is 2.09. The van der Waals surface area contributed by atoms with E-state index in [1.807, 2.05) is 30.3 Å². The van der Waals surface area contributed by atoms with Gasteiger partial charge < -0.3 is 10.5 Å². The highest BCUT2D eigenvalue weighted by molar-refractivity contribution is 14.1. The molecule has 0 aliphatic heterocycles. The highest BCUT2D eigenvalue weighted by Gasteiger charge is 2.03. The summed E-state index contributed by atoms with van der Waals surface area (Å²) in [6.07, 6.45) is 0. The van der Waals surface area contributed by atoms with Crippen LogP contribution in [0.1, 0.15) is 15.9 Å². The number of amides is 1. The number of nitrogens with two attached hydrogens (primary N) is 1. The lowest BCUT2D eigenvalue weighted by molar-refractivity contribution is 0.1000. The highest BCUT2D eigenvalue weighted by atomic mass is 127. The number of hydrogen-bond donors (Lipinski definition) is 1. The van der Waals surface area contributed by atoms with Crippen LogP contribution in [-0.2, 0) is 6.61 Å². The molecule has 3 nitrogen and oxygen atoms in total. The fourth-order valence-electron chi connectivity index (χ4n) is 1.54. The molecule has 2 aromatic carbocycles. The SMILES string of the molecule is NC(=O)c1cccc(COc2ccccc2I)c1. The van der Waals surface area contributed by atoms with Crippen LogP contribution in [0.4, 0.5) is 0 Å². The number of para-hydroxylation sites is 1. The van der Waals surface area contributed by atoms with E-state index in [9.17, 15) is 4.79 Å². The smallest absolute Gasteiger partial charge is 0.248 e. The Morgan fingerprint density at radius 3 is 2.67 bits per heavy atom. The summed E-state index contributed by atoms with van der Waals surface area (Å²) in [4.78, 5) is 11.1. The van der Waals surface area contributed by atoms with E-state index in [4.69, 9.17) is 10.5 Å². The lowest BCUT2D eigenvalue weighted by Crippen LogP contribution is -2.11. The van der Waals surface area contributed by atoms with Crippen LogP contribution in [0.3, 0.4) is 0 Å². The zero-order valence-electron chi connectivity index (χ0n) is 9.60. The Hall–Kier alpha value is -1.56. The van der Waals surface area contributed by atoms with Crippen LogP contribution < -0.4 is 10.5 Å². The highest BCUT2D eigenvalue weighted by Crippen LogP contribution is 2.20. The van der Waals surface area contributed by atoms with Crippen molar-refractivity contribution in [3.8, 4) is 5.75 Å². The van der Waals surface area contributed by atoms with Gasteiger partial charge in [0.05, 0.1) is 3.57 Å². The number of carbonyl (C=O) groups is 1. The molecule has 0 spiro atoms. The third-order valence-electron chi connectivity index (χ3n) is 2.44. The summed E-state index contributed by atoms with van der Waals surface area (Å²) in [5, 5.41) is 0. The third-order valence-corrected chi connectivity index (χ3v) is 3.33. The minimum absolute atomic E-state index is 0.418. The summed E-state index contributed by atoms with van der Waals surface area (Å²) in [6, 6.07) is 14.9. The molecular weight excluding hydrogens is 341 g/mol. The molecule has 2 rings (SSSR count). The van der Waals surface area contributed by atoms with Crippen LogP contribution in [0.2, 0.25) is 0 Å². The molecule has 0 aromatic heterocycles. The average molecular weight is 353 g/mol. The molecule has 18 heavy (non-hydrogen) atoms. The van der Waals surface area contributed by atoms with E-state index in [0.717, 1.165) is 14.9 Å². The Bertz CT molecular complexity index is 569. The number of hydrogen-bond acceptors (Lipinski definition) is 2. The first-order valence-corrected chi connectivity index (χ1v) is 6.51. The van der Waals surface area contributed by atoms with Gasteiger partial charge in [-0.3, -0.25) is 4.79 Å². The van der Waals surface area contributed by atoms with Crippen LogP contribution in [-0.4, -0.2) is 5.91 Å². The average Bonchev–Trinajstić information content (AvgIpc) is 2.38. The summed E-state index contributed by atoms with van der Waals surface area (Å²) in [6.45, 7) is 0.418. The normalized spacial score (nSPS) is 10.1. The molecule has 0 saturated heterocycles. The Labute approximate surface area is 119 Å². The molecule has 1 amide bonds. The second-order valence-electron chi connectivity index (χ2n) is 3.78. The molecule has 0 radical (unpaired) electrons. The molecule has 4 heteroatoms. The van der Waals surface area contributed by atoms with E-state index in [-0.39, 0.29) is 0 Å². The number of benzene rings is 2. The molecular formula is C14H12INO2. The fraction of sp³-hybridized carbons (Fsp3) is 0.0714. The number of rotatable bonds is 4. The summed E-state index contributed by atoms with van der Waals surface area (Å²) >= 11 is 2.22. The molecule has 0 aliphatic rings. The molecule has 0 fully saturated rings. The summed E-state index contributed by atoms with van der Waals surface area (Å²) < 4.78 is 6.75. The molecule has 2 N–H and O–H groups in total. The van der Waals surface area contributed by atoms with Gasteiger partial charge in [0.2, 0.25) is 5.91 Å². The van der Waals surface area contributed by atoms with Gasteiger partial charge in [-0.15, -0.1) is 0 Å². The molecule has 0 atom stereocenters. The van der Waals surface area contributed by atoms with Gasteiger partial charge in [0, 0.05) is 5.56 Å². The third kappa shape index (κ3) is 3.22. The maximum Gasteiger partial charge on any atom is 0.248 e. The zero-order valence-corrected chi connectivity index (χ0v) is 11.8. The maximum absolute atomic E-state index is 11.1. The van der Waals surface area contributed by atoms with Crippen molar-refractivity contribution >= 4 is 28.5 Å². The van der Waals surface area contributed by atoms with Crippen molar-refractivity contribution in [2.24, 2.45) is 5.73 Å². The Morgan fingerprint density at radius 2 is 1.94 bits per heavy atom. The van der Waals surface area contributed by atoms with Gasteiger partial charge >= 0.3 is 0 Å². The molecule has 0 heterocycles. The van der Waals surface area contributed by atoms with Gasteiger partial charge in [-0.25, -0.2) is 0 Å². The lowest BCUT2D eigenvalue weighted by atomic mass is 10.1. The first-order chi connectivity index (χ1) is 8.66. The Morgan fingerprint density at radius 1 is 1.17 bits per heavy atom. The Kier molecular flexibility index (Phi) is 4.19. The maximum atomic E-state index is 11.1. The predicted octanol–water partition coefficient (Wildman–Crippen LogP) is 2.97. The summed E-state index contributed by atoms with van der Waals surface area (Å²) in [7, 11) is 0. The monoisotopic (exact) mass is 353 g/mol. The largest absolute Gasteiger partial charge is 0.488 e. The number of carbonyl (C=O) groups excluding carboxylic acids is 1. The molecule has 0 aliphatic carbocycles. The van der Waals surface area contributed by atoms with Gasteiger partial charge in [0.1, 0.15) is 12.4 Å². The van der Waals surface area contributed by atoms with E-state index < -0.39 is 5.91 Å². The van der Waals surface area contributed by atoms with E-state index in [1.165, 1.54) is 0 Å². The minimum atomic E-state index is -0.425. The molecule has 92 valence electrons. The summed E-state index contributed by atoms with van der Waals surface area (Å²) in [5.74, 6) is 0.411. The standard InChI is InChI=1S/C14H12INO2/c15-12-6-1-2-7-13(12)18-9-10-4-3-5-11(8-10)14(16)17/h1-8H,9H2,(H2,16,17). The van der Waals surface area contributed by atoms with Crippen molar-refractivity contribution < 1.29 is 9.53 Å². The number of halogens is 1. The van der Waals surface area contributed by atoms with Gasteiger partial charge in [0.25, 0.3) is 0 Å². The molecule has 0 bridgehead atoms. The topological polar surface area (TPSA) is 52.3 Å². The van der Waals surface area contributed by atoms with Crippen molar-refractivity contribution in [2.75, 3.05) is 0 Å². The quantitative estimate of drug-likeness (QED) is 0.860. The lowest BCUT2D eigenvalue weighted by Gasteiger charge is -2.08. The van der Waals surface area contributed by atoms with Crippen LogP contribution in [0.25, 0.3) is 0 Å². The first kappa shape index (κ1) is 12.9. The minimum Gasteiger partial charge on any atom is -0.488 e. The molecule has 0 saturated carbocycles. The first-order valence-electron chi connectivity index (χ1n) is 5.43. The van der Waals surface area contributed by atoms with Crippen LogP contribution >= 0.6 is 22.6 Å². The van der Waals surface area contributed by atoms with Gasteiger partial charge in [-0.2, -0.15) is 0 Å². The molecule has 2 aromatic rings. The van der Waals surface area contributed by atoms with Crippen molar-refractivity contribution in [1.29, 1.82) is 0 Å². The second-order valence-corrected chi connectivity index (χ2v) is 4.95. The van der Waals surface area contributed by atoms with Crippen LogP contribution in [0, 0.1) is 3.57 Å². The number of ether oxygens (including phenoxy) is 1. The van der Waals surface area contributed by atoms with E-state index in [2.05, 4.69) is 22.6 Å². The van der Waals surface area contributed by atoms with Crippen molar-refractivity contribution in [2.45, 2.75) is 6.61 Å². The van der Waals surface area contributed by atoms with Crippen LogP contribution in [0.5, 0.6) is 5.75 Å². The van der Waals surface area contributed by atoms with Gasteiger partial charge in [0.15, 0.2) is 0 Å². The van der Waals surface area contributed by atoms with Crippen molar-refractivity contribution in [3.05, 3.63) is 63.2 Å². The van der Waals surface area contributed by atoms with Crippen molar-refractivity contribution in [3.63, 3.8) is 0 Å². The van der Waals surface area contributed by atoms with E-state index in [1.54, 1.807) is 18.2 Å². The van der Waals surface area contributed by atoms with Crippen LogP contribution in [0.15, 0.2) is 48.5 Å². The van der Waals surface area contributed by atoms with Gasteiger partial charge in [-0.1, -0.05) is 24.3 Å². The van der Waals surface area contributed by atoms with Gasteiger partial charge in [-0.05, 0) is 52.4 Å².